The van der Waals surface area contributed by atoms with Crippen molar-refractivity contribution in [2.45, 2.75) is 51.5 Å². The third-order valence-corrected chi connectivity index (χ3v) is 4.87. The van der Waals surface area contributed by atoms with Crippen molar-refractivity contribution >= 4 is 11.7 Å². The minimum Gasteiger partial charge on any atom is -0.481 e. The molecule has 1 saturated carbocycles. The highest BCUT2D eigenvalue weighted by molar-refractivity contribution is 5.70. The van der Waals surface area contributed by atoms with Gasteiger partial charge in [0.1, 0.15) is 0 Å². The first-order valence-corrected chi connectivity index (χ1v) is 7.77. The fourth-order valence-corrected chi connectivity index (χ4v) is 3.74. The summed E-state index contributed by atoms with van der Waals surface area (Å²) in [6.45, 7) is 2.91. The van der Waals surface area contributed by atoms with E-state index in [2.05, 4.69) is 23.1 Å². The number of carboxylic acid groups (broad SMARTS) is 1. The molecular weight excluding hydrogens is 250 g/mol. The summed E-state index contributed by atoms with van der Waals surface area (Å²) >= 11 is 0. The second-order valence-electron chi connectivity index (χ2n) is 6.24. The van der Waals surface area contributed by atoms with Gasteiger partial charge in [-0.1, -0.05) is 31.9 Å². The molecule has 0 amide bonds. The van der Waals surface area contributed by atoms with Crippen LogP contribution in [-0.2, 0) is 17.6 Å². The molecule has 3 rings (SSSR count). The number of fused-ring (bicyclic) bond motifs is 1. The van der Waals surface area contributed by atoms with Crippen LogP contribution in [0, 0.1) is 5.92 Å². The highest BCUT2D eigenvalue weighted by Crippen LogP contribution is 2.37. The van der Waals surface area contributed by atoms with Crippen molar-refractivity contribution in [2.24, 2.45) is 5.92 Å². The highest BCUT2D eigenvalue weighted by atomic mass is 16.4. The Labute approximate surface area is 120 Å². The molecule has 1 unspecified atom stereocenters. The first kappa shape index (κ1) is 13.5. The quantitative estimate of drug-likeness (QED) is 0.915. The number of carbonyl (C=O) groups is 1. The van der Waals surface area contributed by atoms with Gasteiger partial charge < -0.3 is 10.0 Å². The molecule has 1 atom stereocenters. The van der Waals surface area contributed by atoms with E-state index in [1.54, 1.807) is 6.92 Å². The smallest absolute Gasteiger partial charge is 0.306 e. The van der Waals surface area contributed by atoms with Crippen LogP contribution in [0.2, 0.25) is 0 Å². The van der Waals surface area contributed by atoms with Gasteiger partial charge in [-0.3, -0.25) is 4.79 Å². The van der Waals surface area contributed by atoms with Crippen LogP contribution in [0.3, 0.4) is 0 Å². The zero-order valence-electron chi connectivity index (χ0n) is 12.1. The van der Waals surface area contributed by atoms with Crippen LogP contribution in [0.25, 0.3) is 0 Å². The van der Waals surface area contributed by atoms with E-state index in [0.717, 1.165) is 13.0 Å². The fraction of sp³-hybridized carbons (Fsp3) is 0.588. The fourth-order valence-electron chi connectivity index (χ4n) is 3.74. The van der Waals surface area contributed by atoms with Crippen molar-refractivity contribution in [3.05, 3.63) is 29.3 Å². The third kappa shape index (κ3) is 2.41. The van der Waals surface area contributed by atoms with Gasteiger partial charge in [0.05, 0.1) is 5.92 Å². The number of hydrogen-bond acceptors (Lipinski definition) is 2. The largest absolute Gasteiger partial charge is 0.481 e. The monoisotopic (exact) mass is 273 g/mol. The Morgan fingerprint density at radius 2 is 2.15 bits per heavy atom. The zero-order chi connectivity index (χ0) is 14.1. The lowest BCUT2D eigenvalue weighted by atomic mass is 9.95. The average Bonchev–Trinajstić information content (AvgIpc) is 3.07. The van der Waals surface area contributed by atoms with Gasteiger partial charge in [-0.2, -0.15) is 0 Å². The van der Waals surface area contributed by atoms with Crippen LogP contribution in [0.5, 0.6) is 0 Å². The van der Waals surface area contributed by atoms with E-state index in [1.807, 2.05) is 0 Å². The molecule has 1 fully saturated rings. The van der Waals surface area contributed by atoms with Gasteiger partial charge in [-0.05, 0) is 42.9 Å². The van der Waals surface area contributed by atoms with E-state index in [-0.39, 0.29) is 5.92 Å². The Morgan fingerprint density at radius 3 is 2.85 bits per heavy atom. The SMILES string of the molecule is CC(Cc1cccc2c1CCN2C1CCCC1)C(=O)O. The summed E-state index contributed by atoms with van der Waals surface area (Å²) in [4.78, 5) is 13.6. The van der Waals surface area contributed by atoms with Gasteiger partial charge in [0.25, 0.3) is 0 Å². The van der Waals surface area contributed by atoms with Crippen LogP contribution in [0.1, 0.15) is 43.7 Å². The summed E-state index contributed by atoms with van der Waals surface area (Å²) in [5.74, 6) is -1.00. The maximum atomic E-state index is 11.1. The van der Waals surface area contributed by atoms with Crippen LogP contribution in [-0.4, -0.2) is 23.7 Å². The molecule has 1 aromatic carbocycles. The van der Waals surface area contributed by atoms with E-state index in [1.165, 1.54) is 42.5 Å². The van der Waals surface area contributed by atoms with E-state index >= 15 is 0 Å². The summed E-state index contributed by atoms with van der Waals surface area (Å²) in [6, 6.07) is 7.13. The molecule has 0 spiro atoms. The number of benzene rings is 1. The number of hydrogen-bond donors (Lipinski definition) is 1. The number of anilines is 1. The standard InChI is InChI=1S/C17H23NO2/c1-12(17(19)20)11-13-5-4-8-16-15(13)9-10-18(16)14-6-2-3-7-14/h4-5,8,12,14H,2-3,6-7,9-11H2,1H3,(H,19,20). The van der Waals surface area contributed by atoms with Crippen molar-refractivity contribution in [1.29, 1.82) is 0 Å². The van der Waals surface area contributed by atoms with Crippen LogP contribution in [0.15, 0.2) is 18.2 Å². The first-order chi connectivity index (χ1) is 9.66. The van der Waals surface area contributed by atoms with Gasteiger partial charge in [0, 0.05) is 18.3 Å². The number of rotatable bonds is 4. The van der Waals surface area contributed by atoms with Crippen molar-refractivity contribution in [3.8, 4) is 0 Å². The average molecular weight is 273 g/mol. The summed E-state index contributed by atoms with van der Waals surface area (Å²) in [5, 5.41) is 9.11. The van der Waals surface area contributed by atoms with Gasteiger partial charge in [-0.25, -0.2) is 0 Å². The third-order valence-electron chi connectivity index (χ3n) is 4.87. The molecule has 1 aromatic rings. The predicted molar refractivity (Wildman–Crippen MR) is 80.3 cm³/mol. The second kappa shape index (κ2) is 5.47. The normalized spacial score (nSPS) is 20.1. The van der Waals surface area contributed by atoms with E-state index in [9.17, 15) is 4.79 Å². The molecule has 3 heteroatoms. The Bertz CT molecular complexity index is 506. The number of aliphatic carboxylic acids is 1. The maximum Gasteiger partial charge on any atom is 0.306 e. The minimum absolute atomic E-state index is 0.304. The summed E-state index contributed by atoms with van der Waals surface area (Å²) in [6.07, 6.45) is 7.06. The topological polar surface area (TPSA) is 40.5 Å². The van der Waals surface area contributed by atoms with Crippen molar-refractivity contribution in [2.75, 3.05) is 11.4 Å². The van der Waals surface area contributed by atoms with Crippen molar-refractivity contribution in [3.63, 3.8) is 0 Å². The lowest BCUT2D eigenvalue weighted by Gasteiger charge is -2.27. The lowest BCUT2D eigenvalue weighted by molar-refractivity contribution is -0.141. The van der Waals surface area contributed by atoms with E-state index < -0.39 is 5.97 Å². The Hall–Kier alpha value is -1.51. The molecule has 0 bridgehead atoms. The summed E-state index contributed by atoms with van der Waals surface area (Å²) < 4.78 is 0. The van der Waals surface area contributed by atoms with Crippen molar-refractivity contribution in [1.82, 2.24) is 0 Å². The van der Waals surface area contributed by atoms with Gasteiger partial charge in [0.2, 0.25) is 0 Å². The molecule has 1 aliphatic carbocycles. The molecule has 0 radical (unpaired) electrons. The number of carboxylic acids is 1. The second-order valence-corrected chi connectivity index (χ2v) is 6.24. The number of nitrogens with zero attached hydrogens (tertiary/aromatic N) is 1. The Kier molecular flexibility index (Phi) is 3.68. The van der Waals surface area contributed by atoms with E-state index in [4.69, 9.17) is 5.11 Å². The molecular formula is C17H23NO2. The first-order valence-electron chi connectivity index (χ1n) is 7.77. The zero-order valence-corrected chi connectivity index (χ0v) is 12.1. The molecule has 2 aliphatic rings. The van der Waals surface area contributed by atoms with E-state index in [0.29, 0.717) is 12.5 Å². The molecule has 1 heterocycles. The molecule has 20 heavy (non-hydrogen) atoms. The van der Waals surface area contributed by atoms with Crippen molar-refractivity contribution < 1.29 is 9.90 Å². The summed E-state index contributed by atoms with van der Waals surface area (Å²) in [5.41, 5.74) is 4.00. The molecule has 0 aromatic heterocycles. The van der Waals surface area contributed by atoms with Crippen LogP contribution >= 0.6 is 0 Å². The Morgan fingerprint density at radius 1 is 1.40 bits per heavy atom. The highest BCUT2D eigenvalue weighted by Gasteiger charge is 2.29. The predicted octanol–water partition coefficient (Wildman–Crippen LogP) is 3.25. The molecule has 1 N–H and O–H groups in total. The molecule has 108 valence electrons. The van der Waals surface area contributed by atoms with Gasteiger partial charge in [0.15, 0.2) is 0 Å². The van der Waals surface area contributed by atoms with Gasteiger partial charge in [-0.15, -0.1) is 0 Å². The molecule has 0 saturated heterocycles. The van der Waals surface area contributed by atoms with Crippen LogP contribution < -0.4 is 4.90 Å². The molecule has 1 aliphatic heterocycles. The lowest BCUT2D eigenvalue weighted by Crippen LogP contribution is -2.31. The Balaban J connectivity index is 1.83. The minimum atomic E-state index is -0.701. The maximum absolute atomic E-state index is 11.1. The summed E-state index contributed by atoms with van der Waals surface area (Å²) in [7, 11) is 0. The van der Waals surface area contributed by atoms with Crippen LogP contribution in [0.4, 0.5) is 5.69 Å². The molecule has 3 nitrogen and oxygen atoms in total. The van der Waals surface area contributed by atoms with Gasteiger partial charge >= 0.3 is 5.97 Å².